The van der Waals surface area contributed by atoms with Gasteiger partial charge in [0.15, 0.2) is 0 Å². The number of amides is 1. The number of hydrogen-bond acceptors (Lipinski definition) is 2. The second-order valence-electron chi connectivity index (χ2n) is 3.57. The first-order valence-electron chi connectivity index (χ1n) is 5.16. The van der Waals surface area contributed by atoms with E-state index in [4.69, 9.17) is 0 Å². The van der Waals surface area contributed by atoms with Gasteiger partial charge in [-0.15, -0.1) is 0 Å². The summed E-state index contributed by atoms with van der Waals surface area (Å²) in [5.41, 5.74) is 2.21. The van der Waals surface area contributed by atoms with Crippen molar-refractivity contribution < 1.29 is 4.79 Å². The van der Waals surface area contributed by atoms with Gasteiger partial charge in [0.25, 0.3) is 0 Å². The van der Waals surface area contributed by atoms with Gasteiger partial charge >= 0.3 is 0 Å². The van der Waals surface area contributed by atoms with E-state index in [2.05, 4.69) is 5.32 Å². The molecule has 0 bridgehead atoms. The Morgan fingerprint density at radius 1 is 1.12 bits per heavy atom. The van der Waals surface area contributed by atoms with E-state index in [1.54, 1.807) is 11.3 Å². The topological polar surface area (TPSA) is 29.1 Å². The molecular formula is C13H13NOS. The smallest absolute Gasteiger partial charge is 0.224 e. The average Bonchev–Trinajstić information content (AvgIpc) is 2.81. The predicted molar refractivity (Wildman–Crippen MR) is 66.3 cm³/mol. The highest BCUT2D eigenvalue weighted by atomic mass is 32.1. The maximum Gasteiger partial charge on any atom is 0.224 e. The van der Waals surface area contributed by atoms with Gasteiger partial charge in [-0.1, -0.05) is 30.3 Å². The Hall–Kier alpha value is -1.61. The lowest BCUT2D eigenvalue weighted by atomic mass is 10.2. The molecule has 1 aromatic carbocycles. The van der Waals surface area contributed by atoms with Crippen molar-refractivity contribution in [2.75, 3.05) is 0 Å². The number of carbonyl (C=O) groups is 1. The molecule has 1 amide bonds. The second-order valence-corrected chi connectivity index (χ2v) is 4.35. The summed E-state index contributed by atoms with van der Waals surface area (Å²) in [5, 5.41) is 6.89. The van der Waals surface area contributed by atoms with Crippen LogP contribution in [0.3, 0.4) is 0 Å². The zero-order chi connectivity index (χ0) is 11.2. The first-order chi connectivity index (χ1) is 7.84. The molecule has 0 fully saturated rings. The van der Waals surface area contributed by atoms with Crippen LogP contribution in [0.15, 0.2) is 47.2 Å². The quantitative estimate of drug-likeness (QED) is 0.861. The van der Waals surface area contributed by atoms with Crippen molar-refractivity contribution in [3.05, 3.63) is 58.3 Å². The molecule has 82 valence electrons. The molecule has 2 rings (SSSR count). The molecular weight excluding hydrogens is 218 g/mol. The molecule has 2 aromatic rings. The van der Waals surface area contributed by atoms with E-state index in [0.717, 1.165) is 11.1 Å². The van der Waals surface area contributed by atoms with Crippen LogP contribution >= 0.6 is 11.3 Å². The largest absolute Gasteiger partial charge is 0.352 e. The summed E-state index contributed by atoms with van der Waals surface area (Å²) in [6, 6.07) is 11.9. The number of rotatable bonds is 4. The summed E-state index contributed by atoms with van der Waals surface area (Å²) < 4.78 is 0. The Balaban J connectivity index is 1.80. The van der Waals surface area contributed by atoms with Gasteiger partial charge in [0.1, 0.15) is 0 Å². The molecule has 1 aromatic heterocycles. The summed E-state index contributed by atoms with van der Waals surface area (Å²) in [6.45, 7) is 0.601. The fourth-order valence-corrected chi connectivity index (χ4v) is 2.11. The molecule has 0 aliphatic heterocycles. The minimum atomic E-state index is 0.0715. The van der Waals surface area contributed by atoms with Gasteiger partial charge in [-0.3, -0.25) is 4.79 Å². The van der Waals surface area contributed by atoms with Crippen LogP contribution < -0.4 is 5.32 Å². The van der Waals surface area contributed by atoms with E-state index in [1.165, 1.54) is 0 Å². The van der Waals surface area contributed by atoms with Gasteiger partial charge in [-0.25, -0.2) is 0 Å². The molecule has 2 nitrogen and oxygen atoms in total. The molecule has 0 aliphatic rings. The lowest BCUT2D eigenvalue weighted by Gasteiger charge is -2.04. The lowest BCUT2D eigenvalue weighted by Crippen LogP contribution is -2.24. The van der Waals surface area contributed by atoms with Crippen molar-refractivity contribution in [1.29, 1.82) is 0 Å². The van der Waals surface area contributed by atoms with Crippen molar-refractivity contribution in [3.8, 4) is 0 Å². The van der Waals surface area contributed by atoms with Crippen molar-refractivity contribution in [1.82, 2.24) is 5.32 Å². The van der Waals surface area contributed by atoms with E-state index >= 15 is 0 Å². The number of thiophene rings is 1. The van der Waals surface area contributed by atoms with Gasteiger partial charge in [0.2, 0.25) is 5.91 Å². The molecule has 0 spiro atoms. The molecule has 0 saturated carbocycles. The van der Waals surface area contributed by atoms with E-state index < -0.39 is 0 Å². The number of hydrogen-bond donors (Lipinski definition) is 1. The third-order valence-corrected chi connectivity index (χ3v) is 3.01. The van der Waals surface area contributed by atoms with Gasteiger partial charge in [0, 0.05) is 6.54 Å². The van der Waals surface area contributed by atoms with E-state index in [1.807, 2.05) is 47.2 Å². The molecule has 0 unspecified atom stereocenters. The molecule has 0 saturated heterocycles. The Kier molecular flexibility index (Phi) is 3.72. The Morgan fingerprint density at radius 2 is 1.94 bits per heavy atom. The maximum atomic E-state index is 11.6. The van der Waals surface area contributed by atoms with Crippen molar-refractivity contribution in [2.24, 2.45) is 0 Å². The minimum Gasteiger partial charge on any atom is -0.352 e. The second kappa shape index (κ2) is 5.47. The van der Waals surface area contributed by atoms with Crippen LogP contribution in [0.25, 0.3) is 0 Å². The highest BCUT2D eigenvalue weighted by molar-refractivity contribution is 7.07. The SMILES string of the molecule is O=C(Cc1ccsc1)NCc1ccccc1. The van der Waals surface area contributed by atoms with Crippen LogP contribution in [0.2, 0.25) is 0 Å². The van der Waals surface area contributed by atoms with E-state index in [0.29, 0.717) is 13.0 Å². The Morgan fingerprint density at radius 3 is 2.62 bits per heavy atom. The van der Waals surface area contributed by atoms with E-state index in [9.17, 15) is 4.79 Å². The molecule has 1 heterocycles. The summed E-state index contributed by atoms with van der Waals surface area (Å²) in [7, 11) is 0. The Bertz CT molecular complexity index is 436. The number of nitrogens with one attached hydrogen (secondary N) is 1. The molecule has 0 radical (unpaired) electrons. The van der Waals surface area contributed by atoms with Crippen LogP contribution in [-0.2, 0) is 17.8 Å². The van der Waals surface area contributed by atoms with Gasteiger partial charge < -0.3 is 5.32 Å². The highest BCUT2D eigenvalue weighted by Crippen LogP contribution is 2.06. The van der Waals surface area contributed by atoms with Crippen LogP contribution in [0.1, 0.15) is 11.1 Å². The van der Waals surface area contributed by atoms with E-state index in [-0.39, 0.29) is 5.91 Å². The van der Waals surface area contributed by atoms with Crippen LogP contribution in [0.4, 0.5) is 0 Å². The molecule has 1 N–H and O–H groups in total. The fraction of sp³-hybridized carbons (Fsp3) is 0.154. The summed E-state index contributed by atoms with van der Waals surface area (Å²) in [5.74, 6) is 0.0715. The molecule has 3 heteroatoms. The van der Waals surface area contributed by atoms with Gasteiger partial charge in [-0.2, -0.15) is 11.3 Å². The van der Waals surface area contributed by atoms with Crippen molar-refractivity contribution in [2.45, 2.75) is 13.0 Å². The molecule has 16 heavy (non-hydrogen) atoms. The normalized spacial score (nSPS) is 10.0. The first kappa shape index (κ1) is 10.9. The van der Waals surface area contributed by atoms with Gasteiger partial charge in [0.05, 0.1) is 6.42 Å². The van der Waals surface area contributed by atoms with Crippen LogP contribution in [0.5, 0.6) is 0 Å². The average molecular weight is 231 g/mol. The third-order valence-electron chi connectivity index (χ3n) is 2.28. The van der Waals surface area contributed by atoms with Crippen molar-refractivity contribution >= 4 is 17.2 Å². The summed E-state index contributed by atoms with van der Waals surface area (Å²) >= 11 is 1.62. The number of carbonyl (C=O) groups excluding carboxylic acids is 1. The monoisotopic (exact) mass is 231 g/mol. The fourth-order valence-electron chi connectivity index (χ4n) is 1.44. The third kappa shape index (κ3) is 3.21. The maximum absolute atomic E-state index is 11.6. The molecule has 0 atom stereocenters. The lowest BCUT2D eigenvalue weighted by molar-refractivity contribution is -0.120. The zero-order valence-electron chi connectivity index (χ0n) is 8.85. The first-order valence-corrected chi connectivity index (χ1v) is 6.10. The number of benzene rings is 1. The summed E-state index contributed by atoms with van der Waals surface area (Å²) in [4.78, 5) is 11.6. The van der Waals surface area contributed by atoms with Crippen molar-refractivity contribution in [3.63, 3.8) is 0 Å². The Labute approximate surface area is 98.9 Å². The summed E-state index contributed by atoms with van der Waals surface area (Å²) in [6.07, 6.45) is 0.469. The van der Waals surface area contributed by atoms with Gasteiger partial charge in [-0.05, 0) is 28.0 Å². The predicted octanol–water partition coefficient (Wildman–Crippen LogP) is 2.61. The van der Waals surface area contributed by atoms with Crippen LogP contribution in [0, 0.1) is 0 Å². The standard InChI is InChI=1S/C13H13NOS/c15-13(8-12-6-7-16-10-12)14-9-11-4-2-1-3-5-11/h1-7,10H,8-9H2,(H,14,15). The highest BCUT2D eigenvalue weighted by Gasteiger charge is 2.02. The van der Waals surface area contributed by atoms with Crippen LogP contribution in [-0.4, -0.2) is 5.91 Å². The molecule has 0 aliphatic carbocycles. The minimum absolute atomic E-state index is 0.0715. The zero-order valence-corrected chi connectivity index (χ0v) is 9.67.